The third-order valence-corrected chi connectivity index (χ3v) is 4.10. The lowest BCUT2D eigenvalue weighted by molar-refractivity contribution is -0.123. The summed E-state index contributed by atoms with van der Waals surface area (Å²) in [5, 5.41) is 0. The molecule has 0 amide bonds. The van der Waals surface area contributed by atoms with Gasteiger partial charge in [-0.25, -0.2) is 0 Å². The molecular weight excluding hydrogens is 210 g/mol. The van der Waals surface area contributed by atoms with E-state index >= 15 is 0 Å². The average Bonchev–Trinajstić information content (AvgIpc) is 2.36. The first-order chi connectivity index (χ1) is 8.08. The van der Waals surface area contributed by atoms with Gasteiger partial charge in [-0.3, -0.25) is 4.79 Å². The highest BCUT2D eigenvalue weighted by molar-refractivity contribution is 5.82. The van der Waals surface area contributed by atoms with Crippen molar-refractivity contribution in [3.05, 3.63) is 0 Å². The molecule has 2 nitrogen and oxygen atoms in total. The zero-order valence-corrected chi connectivity index (χ0v) is 12.2. The van der Waals surface area contributed by atoms with E-state index in [0.29, 0.717) is 11.8 Å². The lowest BCUT2D eigenvalue weighted by Gasteiger charge is -2.28. The number of hydrogen-bond donors (Lipinski definition) is 1. The smallest absolute Gasteiger partial charge is 0.149 e. The molecule has 0 radical (unpaired) electrons. The van der Waals surface area contributed by atoms with Crippen LogP contribution in [-0.2, 0) is 4.79 Å². The molecule has 0 saturated heterocycles. The van der Waals surface area contributed by atoms with Crippen molar-refractivity contribution >= 4 is 5.78 Å². The Morgan fingerprint density at radius 3 is 1.88 bits per heavy atom. The molecule has 2 atom stereocenters. The molecule has 0 fully saturated rings. The van der Waals surface area contributed by atoms with Crippen LogP contribution < -0.4 is 5.73 Å². The molecule has 0 aliphatic carbocycles. The Balaban J connectivity index is 4.37. The van der Waals surface area contributed by atoms with E-state index < -0.39 is 0 Å². The van der Waals surface area contributed by atoms with Gasteiger partial charge in [-0.1, -0.05) is 66.2 Å². The zero-order valence-electron chi connectivity index (χ0n) is 12.2. The van der Waals surface area contributed by atoms with Crippen LogP contribution in [0.5, 0.6) is 0 Å². The standard InChI is InChI=1S/C15H31NO/c1-5-7-9-14(10-8-6-2)12(3)13(4)15(17)11-16/h12-14H,5-11,16H2,1-4H3. The summed E-state index contributed by atoms with van der Waals surface area (Å²) >= 11 is 0. The Hall–Kier alpha value is -0.370. The van der Waals surface area contributed by atoms with Crippen molar-refractivity contribution in [1.29, 1.82) is 0 Å². The SMILES string of the molecule is CCCCC(CCCC)C(C)C(C)C(=O)CN. The Kier molecular flexibility index (Phi) is 9.43. The summed E-state index contributed by atoms with van der Waals surface area (Å²) < 4.78 is 0. The maximum absolute atomic E-state index is 11.7. The van der Waals surface area contributed by atoms with Crippen LogP contribution in [0.4, 0.5) is 0 Å². The van der Waals surface area contributed by atoms with E-state index in [4.69, 9.17) is 5.73 Å². The van der Waals surface area contributed by atoms with Crippen molar-refractivity contribution in [2.45, 2.75) is 66.2 Å². The number of nitrogens with two attached hydrogens (primary N) is 1. The minimum absolute atomic E-state index is 0.124. The largest absolute Gasteiger partial charge is 0.324 e. The van der Waals surface area contributed by atoms with E-state index in [0.717, 1.165) is 0 Å². The topological polar surface area (TPSA) is 43.1 Å². The fourth-order valence-electron chi connectivity index (χ4n) is 2.49. The number of rotatable bonds is 10. The number of carbonyl (C=O) groups excluding carboxylic acids is 1. The van der Waals surface area contributed by atoms with Gasteiger partial charge in [0.25, 0.3) is 0 Å². The van der Waals surface area contributed by atoms with E-state index in [1.165, 1.54) is 38.5 Å². The Morgan fingerprint density at radius 2 is 1.53 bits per heavy atom. The fraction of sp³-hybridized carbons (Fsp3) is 0.933. The monoisotopic (exact) mass is 241 g/mol. The number of unbranched alkanes of at least 4 members (excludes halogenated alkanes) is 2. The lowest BCUT2D eigenvalue weighted by atomic mass is 9.77. The second-order valence-corrected chi connectivity index (χ2v) is 5.36. The maximum atomic E-state index is 11.7. The van der Waals surface area contributed by atoms with E-state index in [1.807, 2.05) is 6.92 Å². The van der Waals surface area contributed by atoms with Gasteiger partial charge in [0.2, 0.25) is 0 Å². The first kappa shape index (κ1) is 16.6. The Morgan fingerprint density at radius 1 is 1.06 bits per heavy atom. The minimum Gasteiger partial charge on any atom is -0.324 e. The summed E-state index contributed by atoms with van der Waals surface area (Å²) in [6, 6.07) is 0. The van der Waals surface area contributed by atoms with Crippen LogP contribution in [0, 0.1) is 17.8 Å². The van der Waals surface area contributed by atoms with Gasteiger partial charge in [-0.05, 0) is 11.8 Å². The normalized spacial score (nSPS) is 14.9. The molecule has 0 bridgehead atoms. The van der Waals surface area contributed by atoms with Crippen molar-refractivity contribution < 1.29 is 4.79 Å². The van der Waals surface area contributed by atoms with Crippen molar-refractivity contribution in [2.24, 2.45) is 23.5 Å². The minimum atomic E-state index is 0.124. The second kappa shape index (κ2) is 9.64. The van der Waals surface area contributed by atoms with Gasteiger partial charge < -0.3 is 5.73 Å². The predicted molar refractivity (Wildman–Crippen MR) is 74.9 cm³/mol. The van der Waals surface area contributed by atoms with Gasteiger partial charge >= 0.3 is 0 Å². The molecule has 0 aromatic heterocycles. The van der Waals surface area contributed by atoms with Crippen LogP contribution in [0.1, 0.15) is 66.2 Å². The van der Waals surface area contributed by atoms with Gasteiger partial charge in [0.15, 0.2) is 0 Å². The van der Waals surface area contributed by atoms with Crippen LogP contribution in [0.2, 0.25) is 0 Å². The van der Waals surface area contributed by atoms with Crippen LogP contribution in [0.15, 0.2) is 0 Å². The van der Waals surface area contributed by atoms with Crippen molar-refractivity contribution in [3.63, 3.8) is 0 Å². The first-order valence-electron chi connectivity index (χ1n) is 7.31. The summed E-state index contributed by atoms with van der Waals surface area (Å²) in [6.45, 7) is 8.94. The first-order valence-corrected chi connectivity index (χ1v) is 7.31. The summed E-state index contributed by atoms with van der Waals surface area (Å²) in [7, 11) is 0. The number of Topliss-reactive ketones (excluding diaryl/α,β-unsaturated/α-hetero) is 1. The molecule has 0 spiro atoms. The fourth-order valence-corrected chi connectivity index (χ4v) is 2.49. The van der Waals surface area contributed by atoms with E-state index in [-0.39, 0.29) is 18.2 Å². The van der Waals surface area contributed by atoms with Gasteiger partial charge in [0, 0.05) is 5.92 Å². The molecule has 102 valence electrons. The summed E-state index contributed by atoms with van der Waals surface area (Å²) in [5.74, 6) is 1.51. The lowest BCUT2D eigenvalue weighted by Crippen LogP contribution is -2.30. The quantitative estimate of drug-likeness (QED) is 0.632. The van der Waals surface area contributed by atoms with Crippen molar-refractivity contribution in [2.75, 3.05) is 6.54 Å². The molecule has 0 aliphatic heterocycles. The number of ketones is 1. The molecule has 0 saturated carbocycles. The summed E-state index contributed by atoms with van der Waals surface area (Å²) in [4.78, 5) is 11.7. The highest BCUT2D eigenvalue weighted by Gasteiger charge is 2.25. The maximum Gasteiger partial charge on any atom is 0.149 e. The summed E-state index contributed by atoms with van der Waals surface area (Å²) in [6.07, 6.45) is 7.58. The average molecular weight is 241 g/mol. The van der Waals surface area contributed by atoms with Crippen LogP contribution in [-0.4, -0.2) is 12.3 Å². The molecule has 2 unspecified atom stereocenters. The van der Waals surface area contributed by atoms with Crippen LogP contribution >= 0.6 is 0 Å². The third kappa shape index (κ3) is 6.21. The Bertz CT molecular complexity index is 195. The zero-order chi connectivity index (χ0) is 13.3. The van der Waals surface area contributed by atoms with Crippen LogP contribution in [0.3, 0.4) is 0 Å². The molecule has 2 N–H and O–H groups in total. The summed E-state index contributed by atoms with van der Waals surface area (Å²) in [5.41, 5.74) is 5.46. The van der Waals surface area contributed by atoms with E-state index in [1.54, 1.807) is 0 Å². The molecular formula is C15H31NO. The molecule has 2 heteroatoms. The highest BCUT2D eigenvalue weighted by Crippen LogP contribution is 2.30. The van der Waals surface area contributed by atoms with Gasteiger partial charge in [-0.15, -0.1) is 0 Å². The number of carbonyl (C=O) groups is 1. The van der Waals surface area contributed by atoms with Crippen molar-refractivity contribution in [1.82, 2.24) is 0 Å². The molecule has 17 heavy (non-hydrogen) atoms. The third-order valence-electron chi connectivity index (χ3n) is 4.10. The van der Waals surface area contributed by atoms with Gasteiger partial charge in [0.05, 0.1) is 6.54 Å². The number of hydrogen-bond acceptors (Lipinski definition) is 2. The predicted octanol–water partition coefficient (Wildman–Crippen LogP) is 3.78. The van der Waals surface area contributed by atoms with Crippen molar-refractivity contribution in [3.8, 4) is 0 Å². The molecule has 0 rings (SSSR count). The molecule has 0 aromatic carbocycles. The van der Waals surface area contributed by atoms with Gasteiger partial charge in [0.1, 0.15) is 5.78 Å². The molecule has 0 heterocycles. The van der Waals surface area contributed by atoms with Crippen LogP contribution in [0.25, 0.3) is 0 Å². The second-order valence-electron chi connectivity index (χ2n) is 5.36. The van der Waals surface area contributed by atoms with E-state index in [9.17, 15) is 4.79 Å². The highest BCUT2D eigenvalue weighted by atomic mass is 16.1. The van der Waals surface area contributed by atoms with Gasteiger partial charge in [-0.2, -0.15) is 0 Å². The Labute approximate surface area is 107 Å². The molecule has 0 aliphatic rings. The molecule has 0 aromatic rings. The van der Waals surface area contributed by atoms with E-state index in [2.05, 4.69) is 20.8 Å².